The Bertz CT molecular complexity index is 1200. The summed E-state index contributed by atoms with van der Waals surface area (Å²) >= 11 is 5.72. The number of rotatable bonds is 9. The lowest BCUT2D eigenvalue weighted by atomic mass is 9.94. The summed E-state index contributed by atoms with van der Waals surface area (Å²) in [5.74, 6) is 1.02. The van der Waals surface area contributed by atoms with Crippen LogP contribution in [-0.4, -0.2) is 47.0 Å². The number of allylic oxidation sites excluding steroid dienone is 1. The summed E-state index contributed by atoms with van der Waals surface area (Å²) in [5, 5.41) is 8.15. The number of hydrogen-bond donors (Lipinski definition) is 1. The summed E-state index contributed by atoms with van der Waals surface area (Å²) in [5.41, 5.74) is 3.19. The number of nitrogens with zero attached hydrogens (tertiary/aromatic N) is 3. The minimum Gasteiger partial charge on any atom is -0.497 e. The Morgan fingerprint density at radius 1 is 1.21 bits per heavy atom. The average molecular weight is 483 g/mol. The Hall–Kier alpha value is -3.30. The molecule has 34 heavy (non-hydrogen) atoms. The highest BCUT2D eigenvalue weighted by Crippen LogP contribution is 2.38. The van der Waals surface area contributed by atoms with Crippen LogP contribution >= 0.6 is 12.2 Å². The maximum Gasteiger partial charge on any atom is 0.258 e. The van der Waals surface area contributed by atoms with Crippen molar-refractivity contribution in [3.8, 4) is 17.1 Å². The molecule has 0 bridgehead atoms. The summed E-state index contributed by atoms with van der Waals surface area (Å²) in [6, 6.07) is 13.5. The molecular weight excluding hydrogens is 455 g/mol. The monoisotopic (exact) mass is 482 g/mol. The molecular formula is C25H27FN4O3S. The average Bonchev–Trinajstić information content (AvgIpc) is 3.33. The van der Waals surface area contributed by atoms with Gasteiger partial charge in [-0.15, -0.1) is 0 Å². The van der Waals surface area contributed by atoms with E-state index in [1.165, 1.54) is 12.1 Å². The van der Waals surface area contributed by atoms with Gasteiger partial charge in [0.25, 0.3) is 5.89 Å². The van der Waals surface area contributed by atoms with E-state index in [0.717, 1.165) is 29.0 Å². The van der Waals surface area contributed by atoms with E-state index in [0.29, 0.717) is 42.1 Å². The van der Waals surface area contributed by atoms with Gasteiger partial charge in [-0.3, -0.25) is 0 Å². The van der Waals surface area contributed by atoms with Crippen molar-refractivity contribution in [3.63, 3.8) is 0 Å². The van der Waals surface area contributed by atoms with Crippen molar-refractivity contribution in [1.29, 1.82) is 0 Å². The van der Waals surface area contributed by atoms with E-state index in [9.17, 15) is 4.39 Å². The summed E-state index contributed by atoms with van der Waals surface area (Å²) < 4.78 is 30.4. The van der Waals surface area contributed by atoms with Gasteiger partial charge in [0.1, 0.15) is 11.6 Å². The molecule has 1 atom stereocenters. The molecule has 0 aliphatic carbocycles. The number of methoxy groups -OCH3 is 1. The van der Waals surface area contributed by atoms with Crippen LogP contribution in [0, 0.1) is 5.82 Å². The Morgan fingerprint density at radius 3 is 2.79 bits per heavy atom. The number of nitrogens with one attached hydrogen (secondary N) is 1. The van der Waals surface area contributed by atoms with E-state index in [1.807, 2.05) is 43.0 Å². The molecule has 1 N–H and O–H groups in total. The van der Waals surface area contributed by atoms with Crippen LogP contribution in [0.2, 0.25) is 0 Å². The highest BCUT2D eigenvalue weighted by molar-refractivity contribution is 7.80. The Morgan fingerprint density at radius 2 is 2.03 bits per heavy atom. The predicted octanol–water partition coefficient (Wildman–Crippen LogP) is 4.97. The lowest BCUT2D eigenvalue weighted by Gasteiger charge is -2.37. The Balaban J connectivity index is 1.75. The van der Waals surface area contributed by atoms with Crippen LogP contribution in [0.4, 0.5) is 4.39 Å². The molecule has 0 saturated heterocycles. The molecule has 2 aromatic carbocycles. The van der Waals surface area contributed by atoms with Crippen LogP contribution in [0.25, 0.3) is 17.0 Å². The van der Waals surface area contributed by atoms with E-state index >= 15 is 0 Å². The van der Waals surface area contributed by atoms with Crippen molar-refractivity contribution in [2.45, 2.75) is 26.3 Å². The summed E-state index contributed by atoms with van der Waals surface area (Å²) in [4.78, 5) is 6.64. The summed E-state index contributed by atoms with van der Waals surface area (Å²) in [6.45, 7) is 5.95. The fourth-order valence-electron chi connectivity index (χ4n) is 3.95. The standard InChI is InChI=1S/C25H27FN4O3S/c1-4-32-13-7-12-30-16(2)21(22(27-25(30)34)17-8-6-11-20(15-17)31-3)24-28-23(29-33-24)18-9-5-10-19(26)14-18/h5-6,8-11,14-15,22H,4,7,12-13H2,1-3H3,(H,27,34). The van der Waals surface area contributed by atoms with Crippen LogP contribution in [0.1, 0.15) is 37.8 Å². The van der Waals surface area contributed by atoms with Crippen molar-refractivity contribution in [2.24, 2.45) is 0 Å². The van der Waals surface area contributed by atoms with E-state index in [4.69, 9.17) is 26.2 Å². The smallest absolute Gasteiger partial charge is 0.258 e. The molecule has 3 aromatic rings. The van der Waals surface area contributed by atoms with Crippen molar-refractivity contribution in [1.82, 2.24) is 20.4 Å². The molecule has 0 radical (unpaired) electrons. The van der Waals surface area contributed by atoms with Gasteiger partial charge in [-0.1, -0.05) is 29.4 Å². The van der Waals surface area contributed by atoms with Crippen LogP contribution in [-0.2, 0) is 4.74 Å². The molecule has 9 heteroatoms. The van der Waals surface area contributed by atoms with Crippen LogP contribution in [0.3, 0.4) is 0 Å². The number of benzene rings is 2. The zero-order valence-corrected chi connectivity index (χ0v) is 20.2. The third-order valence-corrected chi connectivity index (χ3v) is 5.98. The van der Waals surface area contributed by atoms with Gasteiger partial charge in [0, 0.05) is 31.0 Å². The first-order chi connectivity index (χ1) is 16.5. The number of ether oxygens (including phenoxy) is 2. The zero-order valence-electron chi connectivity index (χ0n) is 19.4. The highest BCUT2D eigenvalue weighted by Gasteiger charge is 2.34. The second kappa shape index (κ2) is 10.8. The number of hydrogen-bond acceptors (Lipinski definition) is 6. The van der Waals surface area contributed by atoms with E-state index in [-0.39, 0.29) is 11.9 Å². The molecule has 0 amide bonds. The van der Waals surface area contributed by atoms with E-state index < -0.39 is 0 Å². The molecule has 7 nitrogen and oxygen atoms in total. The fraction of sp³-hybridized carbons (Fsp3) is 0.320. The largest absolute Gasteiger partial charge is 0.497 e. The first-order valence-electron chi connectivity index (χ1n) is 11.1. The number of halogens is 1. The molecule has 0 spiro atoms. The minimum absolute atomic E-state index is 0.315. The third kappa shape index (κ3) is 5.10. The minimum atomic E-state index is -0.362. The number of aromatic nitrogens is 2. The first kappa shape index (κ1) is 23.8. The maximum absolute atomic E-state index is 13.8. The van der Waals surface area contributed by atoms with Gasteiger partial charge >= 0.3 is 0 Å². The van der Waals surface area contributed by atoms with Crippen LogP contribution in [0.15, 0.2) is 58.8 Å². The quantitative estimate of drug-likeness (QED) is 0.338. The van der Waals surface area contributed by atoms with Gasteiger partial charge in [-0.2, -0.15) is 4.98 Å². The molecule has 1 aliphatic rings. The Labute approximate surface area is 203 Å². The highest BCUT2D eigenvalue weighted by atomic mass is 32.1. The normalized spacial score (nSPS) is 16.1. The Kier molecular flexibility index (Phi) is 7.54. The van der Waals surface area contributed by atoms with Gasteiger partial charge in [0.2, 0.25) is 5.82 Å². The molecule has 1 unspecified atom stereocenters. The van der Waals surface area contributed by atoms with Crippen molar-refractivity contribution in [2.75, 3.05) is 26.9 Å². The first-order valence-corrected chi connectivity index (χ1v) is 11.5. The predicted molar refractivity (Wildman–Crippen MR) is 132 cm³/mol. The molecule has 0 fully saturated rings. The summed E-state index contributed by atoms with van der Waals surface area (Å²) in [7, 11) is 1.63. The zero-order chi connectivity index (χ0) is 24.1. The van der Waals surface area contributed by atoms with Crippen LogP contribution in [0.5, 0.6) is 5.75 Å². The molecule has 0 saturated carbocycles. The third-order valence-electron chi connectivity index (χ3n) is 5.64. The topological polar surface area (TPSA) is 72.7 Å². The lowest BCUT2D eigenvalue weighted by molar-refractivity contribution is 0.141. The number of thiocarbonyl (C=S) groups is 1. The molecule has 4 rings (SSSR count). The molecule has 1 aromatic heterocycles. The SMILES string of the molecule is CCOCCCN1C(=S)NC(c2cccc(OC)c2)C(c2nc(-c3cccc(F)c3)no2)=C1C. The molecule has 2 heterocycles. The summed E-state index contributed by atoms with van der Waals surface area (Å²) in [6.07, 6.45) is 0.808. The van der Waals surface area contributed by atoms with Crippen molar-refractivity contribution < 1.29 is 18.4 Å². The fourth-order valence-corrected chi connectivity index (χ4v) is 4.29. The van der Waals surface area contributed by atoms with E-state index in [2.05, 4.69) is 15.5 Å². The molecule has 178 valence electrons. The second-order valence-corrected chi connectivity index (χ2v) is 8.18. The van der Waals surface area contributed by atoms with E-state index in [1.54, 1.807) is 19.2 Å². The van der Waals surface area contributed by atoms with Gasteiger partial charge in [0.05, 0.1) is 18.7 Å². The van der Waals surface area contributed by atoms with Gasteiger partial charge in [0.15, 0.2) is 5.11 Å². The maximum atomic E-state index is 13.8. The lowest BCUT2D eigenvalue weighted by Crippen LogP contribution is -2.46. The molecule has 1 aliphatic heterocycles. The van der Waals surface area contributed by atoms with Crippen molar-refractivity contribution in [3.05, 3.63) is 71.5 Å². The second-order valence-electron chi connectivity index (χ2n) is 7.79. The van der Waals surface area contributed by atoms with Gasteiger partial charge in [-0.25, -0.2) is 4.39 Å². The van der Waals surface area contributed by atoms with Gasteiger partial charge < -0.3 is 24.2 Å². The van der Waals surface area contributed by atoms with Gasteiger partial charge in [-0.05, 0) is 62.3 Å². The van der Waals surface area contributed by atoms with Crippen LogP contribution < -0.4 is 10.1 Å². The van der Waals surface area contributed by atoms with Crippen molar-refractivity contribution >= 4 is 22.9 Å².